The van der Waals surface area contributed by atoms with Crippen LogP contribution in [0.4, 0.5) is 11.6 Å². The topological polar surface area (TPSA) is 95.6 Å². The highest BCUT2D eigenvalue weighted by atomic mass is 15.3. The van der Waals surface area contributed by atoms with Crippen molar-refractivity contribution in [1.29, 1.82) is 5.26 Å². The number of rotatable bonds is 6. The number of nitriles is 1. The van der Waals surface area contributed by atoms with Gasteiger partial charge in [0.25, 0.3) is 0 Å². The first-order valence-corrected chi connectivity index (χ1v) is 10.2. The average Bonchev–Trinajstić information content (AvgIpc) is 3.34. The van der Waals surface area contributed by atoms with Crippen molar-refractivity contribution in [3.05, 3.63) is 78.5 Å². The highest BCUT2D eigenvalue weighted by Crippen LogP contribution is 2.29. The lowest BCUT2D eigenvalue weighted by Gasteiger charge is -2.33. The summed E-state index contributed by atoms with van der Waals surface area (Å²) in [7, 11) is 4.12. The minimum Gasteiger partial charge on any atom is -0.324 e. The van der Waals surface area contributed by atoms with Gasteiger partial charge in [0.1, 0.15) is 18.7 Å². The zero-order valence-electron chi connectivity index (χ0n) is 18.5. The molecule has 32 heavy (non-hydrogen) atoms. The smallest absolute Gasteiger partial charge is 0.227 e. The first-order chi connectivity index (χ1) is 15.4. The summed E-state index contributed by atoms with van der Waals surface area (Å²) in [6.07, 6.45) is 4.68. The van der Waals surface area contributed by atoms with E-state index in [1.54, 1.807) is 17.2 Å². The van der Waals surface area contributed by atoms with Crippen LogP contribution in [0.3, 0.4) is 0 Å². The van der Waals surface area contributed by atoms with Gasteiger partial charge in [0, 0.05) is 16.8 Å². The molecule has 4 aromatic rings. The zero-order chi connectivity index (χ0) is 22.7. The highest BCUT2D eigenvalue weighted by molar-refractivity contribution is 5.68. The van der Waals surface area contributed by atoms with Gasteiger partial charge in [-0.1, -0.05) is 24.3 Å². The fourth-order valence-electron chi connectivity index (χ4n) is 3.21. The summed E-state index contributed by atoms with van der Waals surface area (Å²) in [5.41, 5.74) is 4.70. The lowest BCUT2D eigenvalue weighted by Crippen LogP contribution is -2.35. The molecule has 1 N–H and O–H groups in total. The van der Waals surface area contributed by atoms with Crippen molar-refractivity contribution in [3.63, 3.8) is 0 Å². The third-order valence-electron chi connectivity index (χ3n) is 5.70. The monoisotopic (exact) mass is 424 g/mol. The molecule has 160 valence electrons. The van der Waals surface area contributed by atoms with Crippen LogP contribution >= 0.6 is 0 Å². The van der Waals surface area contributed by atoms with E-state index in [1.165, 1.54) is 11.9 Å². The van der Waals surface area contributed by atoms with Gasteiger partial charge in [0.05, 0.1) is 23.1 Å². The molecule has 8 nitrogen and oxygen atoms in total. The summed E-state index contributed by atoms with van der Waals surface area (Å²) in [4.78, 5) is 15.1. The number of nitrogens with one attached hydrogen (secondary N) is 1. The summed E-state index contributed by atoms with van der Waals surface area (Å²) in [6.45, 7) is 4.34. The summed E-state index contributed by atoms with van der Waals surface area (Å²) >= 11 is 0. The minimum atomic E-state index is -0.104. The van der Waals surface area contributed by atoms with Crippen LogP contribution in [0.5, 0.6) is 0 Å². The first kappa shape index (κ1) is 21.2. The third kappa shape index (κ3) is 4.19. The molecule has 0 aliphatic carbocycles. The quantitative estimate of drug-likeness (QED) is 0.497. The summed E-state index contributed by atoms with van der Waals surface area (Å²) in [5, 5.41) is 16.9. The van der Waals surface area contributed by atoms with Gasteiger partial charge in [0.15, 0.2) is 0 Å². The van der Waals surface area contributed by atoms with Crippen LogP contribution in [0.2, 0.25) is 0 Å². The maximum Gasteiger partial charge on any atom is 0.227 e. The highest BCUT2D eigenvalue weighted by Gasteiger charge is 2.23. The van der Waals surface area contributed by atoms with Gasteiger partial charge in [-0.15, -0.1) is 0 Å². The Balaban J connectivity index is 1.60. The molecule has 0 saturated carbocycles. The van der Waals surface area contributed by atoms with Crippen LogP contribution in [0.1, 0.15) is 25.0 Å². The Labute approximate surface area is 187 Å². The standard InChI is InChI=1S/C24H24N8/c1-24(2,31(3)4)19-7-5-17(6-8-19)22-18(13-25)14-27-23(30-22)29-20-9-11-21(12-10-20)32-16-26-15-28-32/h5-12,14-16H,1-4H3,(H,27,29,30). The number of benzene rings is 2. The Morgan fingerprint density at radius 1 is 1.03 bits per heavy atom. The van der Waals surface area contributed by atoms with E-state index in [2.05, 4.69) is 76.4 Å². The predicted octanol–water partition coefficient (Wildman–Crippen LogP) is 4.14. The molecule has 2 aromatic heterocycles. The predicted molar refractivity (Wildman–Crippen MR) is 124 cm³/mol. The van der Waals surface area contributed by atoms with Crippen molar-refractivity contribution in [2.75, 3.05) is 19.4 Å². The maximum absolute atomic E-state index is 9.57. The number of aromatic nitrogens is 5. The largest absolute Gasteiger partial charge is 0.324 e. The Hall–Kier alpha value is -4.09. The molecule has 2 heterocycles. The Morgan fingerprint density at radius 2 is 1.75 bits per heavy atom. The van der Waals surface area contributed by atoms with E-state index in [0.717, 1.165) is 16.9 Å². The molecule has 8 heteroatoms. The van der Waals surface area contributed by atoms with Gasteiger partial charge in [-0.2, -0.15) is 10.4 Å². The normalized spacial score (nSPS) is 11.4. The molecule has 0 spiro atoms. The molecule has 0 aliphatic rings. The van der Waals surface area contributed by atoms with E-state index in [0.29, 0.717) is 17.2 Å². The third-order valence-corrected chi connectivity index (χ3v) is 5.70. The maximum atomic E-state index is 9.57. The summed E-state index contributed by atoms with van der Waals surface area (Å²) in [6, 6.07) is 18.0. The van der Waals surface area contributed by atoms with Crippen LogP contribution < -0.4 is 5.32 Å². The molecule has 0 radical (unpaired) electrons. The fourth-order valence-corrected chi connectivity index (χ4v) is 3.21. The van der Waals surface area contributed by atoms with Crippen LogP contribution in [-0.4, -0.2) is 43.7 Å². The summed E-state index contributed by atoms with van der Waals surface area (Å²) in [5.74, 6) is 0.421. The molecule has 0 bridgehead atoms. The molecule has 2 aromatic carbocycles. The van der Waals surface area contributed by atoms with E-state index >= 15 is 0 Å². The molecular formula is C24H24N8. The molecule has 0 amide bonds. The molecule has 0 saturated heterocycles. The minimum absolute atomic E-state index is 0.104. The van der Waals surface area contributed by atoms with Crippen LogP contribution in [0.15, 0.2) is 67.4 Å². The molecule has 4 rings (SSSR count). The Bertz CT molecular complexity index is 1230. The van der Waals surface area contributed by atoms with Gasteiger partial charge >= 0.3 is 0 Å². The van der Waals surface area contributed by atoms with Gasteiger partial charge in [-0.3, -0.25) is 0 Å². The molecule has 0 fully saturated rings. The van der Waals surface area contributed by atoms with Crippen molar-refractivity contribution in [1.82, 2.24) is 29.6 Å². The van der Waals surface area contributed by atoms with Crippen LogP contribution in [0.25, 0.3) is 16.9 Å². The second-order valence-electron chi connectivity index (χ2n) is 8.11. The lowest BCUT2D eigenvalue weighted by atomic mass is 9.91. The van der Waals surface area contributed by atoms with E-state index in [4.69, 9.17) is 0 Å². The van der Waals surface area contributed by atoms with Crippen molar-refractivity contribution in [2.45, 2.75) is 19.4 Å². The van der Waals surface area contributed by atoms with E-state index < -0.39 is 0 Å². The molecular weight excluding hydrogens is 400 g/mol. The SMILES string of the molecule is CN(C)C(C)(C)c1ccc(-c2nc(Nc3ccc(-n4cncn4)cc3)ncc2C#N)cc1. The van der Waals surface area contributed by atoms with Crippen molar-refractivity contribution in [2.24, 2.45) is 0 Å². The van der Waals surface area contributed by atoms with Crippen LogP contribution in [-0.2, 0) is 5.54 Å². The van der Waals surface area contributed by atoms with Gasteiger partial charge < -0.3 is 10.2 Å². The van der Waals surface area contributed by atoms with Gasteiger partial charge in [-0.25, -0.2) is 19.6 Å². The summed E-state index contributed by atoms with van der Waals surface area (Å²) < 4.78 is 1.68. The Kier molecular flexibility index (Phi) is 5.67. The number of hydrogen-bond donors (Lipinski definition) is 1. The molecule has 0 unspecified atom stereocenters. The number of nitrogens with zero attached hydrogens (tertiary/aromatic N) is 7. The number of anilines is 2. The van der Waals surface area contributed by atoms with Crippen molar-refractivity contribution >= 4 is 11.6 Å². The zero-order valence-corrected chi connectivity index (χ0v) is 18.5. The van der Waals surface area contributed by atoms with Gasteiger partial charge in [0.2, 0.25) is 5.95 Å². The van der Waals surface area contributed by atoms with Gasteiger partial charge in [-0.05, 0) is 57.8 Å². The average molecular weight is 425 g/mol. The van der Waals surface area contributed by atoms with E-state index in [-0.39, 0.29) is 5.54 Å². The van der Waals surface area contributed by atoms with E-state index in [1.807, 2.05) is 36.4 Å². The fraction of sp³-hybridized carbons (Fsp3) is 0.208. The lowest BCUT2D eigenvalue weighted by molar-refractivity contribution is 0.198. The number of hydrogen-bond acceptors (Lipinski definition) is 7. The molecule has 0 aliphatic heterocycles. The second kappa shape index (κ2) is 8.57. The van der Waals surface area contributed by atoms with Crippen LogP contribution in [0, 0.1) is 11.3 Å². The van der Waals surface area contributed by atoms with Crippen molar-refractivity contribution < 1.29 is 0 Å². The molecule has 0 atom stereocenters. The van der Waals surface area contributed by atoms with E-state index in [9.17, 15) is 5.26 Å². The Morgan fingerprint density at radius 3 is 2.34 bits per heavy atom. The van der Waals surface area contributed by atoms with Crippen molar-refractivity contribution in [3.8, 4) is 23.0 Å². The first-order valence-electron chi connectivity index (χ1n) is 10.2. The second-order valence-corrected chi connectivity index (χ2v) is 8.11.